The fraction of sp³-hybridized carbons (Fsp3) is 0.706. The van der Waals surface area contributed by atoms with Crippen LogP contribution in [-0.4, -0.2) is 38.7 Å². The fourth-order valence-corrected chi connectivity index (χ4v) is 3.35. The highest BCUT2D eigenvalue weighted by Gasteiger charge is 2.27. The number of amides is 1. The third-order valence-corrected chi connectivity index (χ3v) is 4.92. The van der Waals surface area contributed by atoms with Crippen LogP contribution in [0.4, 0.5) is 5.69 Å². The number of nitro groups is 1. The Morgan fingerprint density at radius 2 is 2.04 bits per heavy atom. The highest BCUT2D eigenvalue weighted by atomic mass is 16.6. The summed E-state index contributed by atoms with van der Waals surface area (Å²) in [6.07, 6.45) is 3.34. The van der Waals surface area contributed by atoms with E-state index >= 15 is 0 Å². The predicted molar refractivity (Wildman–Crippen MR) is 93.5 cm³/mol. The van der Waals surface area contributed by atoms with Gasteiger partial charge in [-0.3, -0.25) is 24.4 Å². The maximum atomic E-state index is 12.3. The van der Waals surface area contributed by atoms with Crippen molar-refractivity contribution in [3.8, 4) is 0 Å². The number of aromatic nitrogens is 2. The van der Waals surface area contributed by atoms with E-state index < -0.39 is 17.0 Å². The standard InChI is InChI=1S/C17H26N4O5/c1-10-7-5-6-8-14(10)18-17(23)13(4)26-15(22)9-20-12(3)16(21(24)25)11(2)19-20/h10,13-14H,5-9H2,1-4H3,(H,18,23)/t10-,13-,14-/m0/s1. The summed E-state index contributed by atoms with van der Waals surface area (Å²) in [6.45, 7) is 6.37. The summed E-state index contributed by atoms with van der Waals surface area (Å²) < 4.78 is 6.40. The summed E-state index contributed by atoms with van der Waals surface area (Å²) >= 11 is 0. The molecule has 9 nitrogen and oxygen atoms in total. The van der Waals surface area contributed by atoms with Crippen molar-refractivity contribution >= 4 is 17.6 Å². The van der Waals surface area contributed by atoms with Crippen molar-refractivity contribution < 1.29 is 19.2 Å². The van der Waals surface area contributed by atoms with E-state index in [-0.39, 0.29) is 35.6 Å². The van der Waals surface area contributed by atoms with Gasteiger partial charge >= 0.3 is 11.7 Å². The molecule has 1 aromatic rings. The monoisotopic (exact) mass is 366 g/mol. The number of carbonyl (C=O) groups is 2. The van der Waals surface area contributed by atoms with Gasteiger partial charge in [-0.1, -0.05) is 19.8 Å². The Labute approximate surface area is 152 Å². The number of nitrogens with one attached hydrogen (secondary N) is 1. The quantitative estimate of drug-likeness (QED) is 0.468. The normalized spacial score (nSPS) is 21.1. The van der Waals surface area contributed by atoms with Gasteiger partial charge in [0, 0.05) is 6.04 Å². The molecule has 0 radical (unpaired) electrons. The Bertz CT molecular complexity index is 700. The zero-order chi connectivity index (χ0) is 19.4. The van der Waals surface area contributed by atoms with Crippen molar-refractivity contribution in [3.63, 3.8) is 0 Å². The smallest absolute Gasteiger partial charge is 0.328 e. The maximum absolute atomic E-state index is 12.3. The number of nitrogens with zero attached hydrogens (tertiary/aromatic N) is 3. The molecular weight excluding hydrogens is 340 g/mol. The molecule has 0 aliphatic heterocycles. The van der Waals surface area contributed by atoms with Crippen molar-refractivity contribution in [3.05, 3.63) is 21.5 Å². The summed E-state index contributed by atoms with van der Waals surface area (Å²) in [6, 6.07) is 0.107. The Morgan fingerprint density at radius 3 is 2.62 bits per heavy atom. The Morgan fingerprint density at radius 1 is 1.38 bits per heavy atom. The van der Waals surface area contributed by atoms with Crippen LogP contribution in [0.5, 0.6) is 0 Å². The lowest BCUT2D eigenvalue weighted by Crippen LogP contribution is -2.46. The number of hydrogen-bond donors (Lipinski definition) is 1. The van der Waals surface area contributed by atoms with E-state index in [0.29, 0.717) is 5.92 Å². The molecule has 1 aliphatic rings. The van der Waals surface area contributed by atoms with Crippen molar-refractivity contribution in [2.75, 3.05) is 0 Å². The van der Waals surface area contributed by atoms with E-state index in [1.54, 1.807) is 0 Å². The number of rotatable bonds is 6. The van der Waals surface area contributed by atoms with Gasteiger partial charge < -0.3 is 10.1 Å². The first-order valence-electron chi connectivity index (χ1n) is 8.89. The molecule has 1 saturated carbocycles. The highest BCUT2D eigenvalue weighted by molar-refractivity contribution is 5.83. The van der Waals surface area contributed by atoms with Gasteiger partial charge in [0.1, 0.15) is 17.9 Å². The number of carbonyl (C=O) groups excluding carboxylic acids is 2. The summed E-state index contributed by atoms with van der Waals surface area (Å²) in [4.78, 5) is 34.8. The molecule has 1 heterocycles. The van der Waals surface area contributed by atoms with Gasteiger partial charge in [-0.15, -0.1) is 0 Å². The number of ether oxygens (including phenoxy) is 1. The molecule has 0 unspecified atom stereocenters. The SMILES string of the molecule is Cc1nn(CC(=O)O[C@@H](C)C(=O)N[C@H]2CCCC[C@@H]2C)c(C)c1[N+](=O)[O-]. The Hall–Kier alpha value is -2.45. The zero-order valence-electron chi connectivity index (χ0n) is 15.7. The van der Waals surface area contributed by atoms with Crippen LogP contribution >= 0.6 is 0 Å². The minimum Gasteiger partial charge on any atom is -0.451 e. The highest BCUT2D eigenvalue weighted by Crippen LogP contribution is 2.24. The molecule has 0 saturated heterocycles. The van der Waals surface area contributed by atoms with Crippen LogP contribution in [-0.2, 0) is 20.9 Å². The Kier molecular flexibility index (Phi) is 6.33. The lowest BCUT2D eigenvalue weighted by molar-refractivity contribution is -0.386. The van der Waals surface area contributed by atoms with E-state index in [9.17, 15) is 19.7 Å². The minimum atomic E-state index is -0.927. The largest absolute Gasteiger partial charge is 0.451 e. The van der Waals surface area contributed by atoms with Crippen LogP contribution in [0.2, 0.25) is 0 Å². The van der Waals surface area contributed by atoms with E-state index in [1.165, 1.54) is 31.9 Å². The average Bonchev–Trinajstić information content (AvgIpc) is 2.83. The number of esters is 1. The fourth-order valence-electron chi connectivity index (χ4n) is 3.35. The molecule has 1 aliphatic carbocycles. The minimum absolute atomic E-state index is 0.107. The molecule has 2 rings (SSSR count). The molecule has 1 amide bonds. The van der Waals surface area contributed by atoms with Crippen LogP contribution in [0.3, 0.4) is 0 Å². The molecule has 1 N–H and O–H groups in total. The van der Waals surface area contributed by atoms with E-state index in [0.717, 1.165) is 19.3 Å². The second kappa shape index (κ2) is 8.29. The molecular formula is C17H26N4O5. The van der Waals surface area contributed by atoms with E-state index in [4.69, 9.17) is 4.74 Å². The van der Waals surface area contributed by atoms with Crippen LogP contribution in [0.1, 0.15) is 50.9 Å². The van der Waals surface area contributed by atoms with Crippen molar-refractivity contribution in [1.82, 2.24) is 15.1 Å². The van der Waals surface area contributed by atoms with Gasteiger partial charge in [0.2, 0.25) is 0 Å². The summed E-state index contributed by atoms with van der Waals surface area (Å²) in [7, 11) is 0. The molecule has 9 heteroatoms. The van der Waals surface area contributed by atoms with Gasteiger partial charge in [-0.05, 0) is 39.5 Å². The number of aryl methyl sites for hydroxylation is 1. The van der Waals surface area contributed by atoms with Gasteiger partial charge in [0.15, 0.2) is 6.10 Å². The average molecular weight is 366 g/mol. The summed E-state index contributed by atoms with van der Waals surface area (Å²) in [5, 5.41) is 18.0. The van der Waals surface area contributed by atoms with Crippen molar-refractivity contribution in [2.24, 2.45) is 5.92 Å². The van der Waals surface area contributed by atoms with E-state index in [2.05, 4.69) is 17.3 Å². The molecule has 1 aromatic heterocycles. The third kappa shape index (κ3) is 4.59. The second-order valence-electron chi connectivity index (χ2n) is 6.94. The first-order valence-corrected chi connectivity index (χ1v) is 8.89. The first kappa shape index (κ1) is 19.9. The lowest BCUT2D eigenvalue weighted by atomic mass is 9.86. The van der Waals surface area contributed by atoms with Gasteiger partial charge in [-0.2, -0.15) is 5.10 Å². The molecule has 144 valence electrons. The topological polar surface area (TPSA) is 116 Å². The number of hydrogen-bond acceptors (Lipinski definition) is 6. The molecule has 1 fully saturated rings. The van der Waals surface area contributed by atoms with E-state index in [1.807, 2.05) is 0 Å². The van der Waals surface area contributed by atoms with Crippen molar-refractivity contribution in [1.29, 1.82) is 0 Å². The van der Waals surface area contributed by atoms with Crippen LogP contribution < -0.4 is 5.32 Å². The maximum Gasteiger partial charge on any atom is 0.328 e. The summed E-state index contributed by atoms with van der Waals surface area (Å²) in [5.41, 5.74) is 0.393. The van der Waals surface area contributed by atoms with Crippen LogP contribution in [0.25, 0.3) is 0 Å². The lowest BCUT2D eigenvalue weighted by Gasteiger charge is -2.30. The molecule has 0 aromatic carbocycles. The van der Waals surface area contributed by atoms with Gasteiger partial charge in [0.25, 0.3) is 5.91 Å². The molecule has 3 atom stereocenters. The molecule has 26 heavy (non-hydrogen) atoms. The molecule has 0 spiro atoms. The predicted octanol–water partition coefficient (Wildman–Crippen LogP) is 2.03. The van der Waals surface area contributed by atoms with Crippen LogP contribution in [0.15, 0.2) is 0 Å². The van der Waals surface area contributed by atoms with Crippen LogP contribution in [0, 0.1) is 29.9 Å². The van der Waals surface area contributed by atoms with Gasteiger partial charge in [-0.25, -0.2) is 0 Å². The first-order chi connectivity index (χ1) is 12.2. The van der Waals surface area contributed by atoms with Gasteiger partial charge in [0.05, 0.1) is 4.92 Å². The second-order valence-corrected chi connectivity index (χ2v) is 6.94. The van der Waals surface area contributed by atoms with Crippen molar-refractivity contribution in [2.45, 2.75) is 72.1 Å². The third-order valence-electron chi connectivity index (χ3n) is 4.92. The Balaban J connectivity index is 1.91. The molecule has 0 bridgehead atoms. The summed E-state index contributed by atoms with van der Waals surface area (Å²) in [5.74, 6) is -0.577. The zero-order valence-corrected chi connectivity index (χ0v) is 15.7.